The summed E-state index contributed by atoms with van der Waals surface area (Å²) in [5.41, 5.74) is 1.29. The minimum Gasteiger partial charge on any atom is -0.496 e. The van der Waals surface area contributed by atoms with Gasteiger partial charge in [0.05, 0.1) is 29.8 Å². The molecule has 0 unspecified atom stereocenters. The van der Waals surface area contributed by atoms with E-state index in [0.717, 1.165) is 12.3 Å². The van der Waals surface area contributed by atoms with Gasteiger partial charge in [0.2, 0.25) is 5.91 Å². The average molecular weight is 571 g/mol. The zero-order valence-electron chi connectivity index (χ0n) is 18.0. The fraction of sp³-hybridized carbons (Fsp3) is 0.130. The van der Waals surface area contributed by atoms with Gasteiger partial charge in [-0.15, -0.1) is 0 Å². The highest BCUT2D eigenvalue weighted by Gasteiger charge is 2.32. The van der Waals surface area contributed by atoms with Crippen LogP contribution in [0.2, 0.25) is 0 Å². The molecule has 0 atom stereocenters. The lowest BCUT2D eigenvalue weighted by Crippen LogP contribution is -2.20. The van der Waals surface area contributed by atoms with Crippen molar-refractivity contribution in [2.45, 2.75) is 17.5 Å². The molecule has 0 saturated heterocycles. The summed E-state index contributed by atoms with van der Waals surface area (Å²) < 4.78 is 75.9. The van der Waals surface area contributed by atoms with E-state index in [1.165, 1.54) is 31.4 Å². The lowest BCUT2D eigenvalue weighted by molar-refractivity contribution is -0.137. The van der Waals surface area contributed by atoms with E-state index in [2.05, 4.69) is 26.5 Å². The van der Waals surface area contributed by atoms with Crippen LogP contribution in [-0.2, 0) is 27.5 Å². The van der Waals surface area contributed by atoms with Gasteiger partial charge in [0.1, 0.15) is 16.4 Å². The Labute approximate surface area is 207 Å². The maximum atomic E-state index is 13.2. The Bertz CT molecular complexity index is 1350. The third kappa shape index (κ3) is 7.06. The van der Waals surface area contributed by atoms with Crippen LogP contribution in [0.15, 0.2) is 81.2 Å². The number of amides is 1. The van der Waals surface area contributed by atoms with Gasteiger partial charge in [-0.2, -0.15) is 26.7 Å². The third-order valence-corrected chi connectivity index (χ3v) is 6.47. The molecule has 1 amide bonds. The zero-order valence-corrected chi connectivity index (χ0v) is 20.4. The Morgan fingerprint density at radius 3 is 2.43 bits per heavy atom. The van der Waals surface area contributed by atoms with Crippen molar-refractivity contribution in [1.82, 2.24) is 5.43 Å². The maximum absolute atomic E-state index is 13.2. The van der Waals surface area contributed by atoms with E-state index in [9.17, 15) is 26.4 Å². The second kappa shape index (κ2) is 10.9. The highest BCUT2D eigenvalue weighted by Crippen LogP contribution is 2.32. The zero-order chi connectivity index (χ0) is 25.6. The van der Waals surface area contributed by atoms with E-state index < -0.39 is 38.2 Å². The quantitative estimate of drug-likeness (QED) is 0.235. The lowest BCUT2D eigenvalue weighted by atomic mass is 10.1. The molecule has 0 spiro atoms. The van der Waals surface area contributed by atoms with Crippen LogP contribution in [0.5, 0.6) is 11.5 Å². The first kappa shape index (κ1) is 26.2. The summed E-state index contributed by atoms with van der Waals surface area (Å²) in [6, 6.07) is 14.5. The summed E-state index contributed by atoms with van der Waals surface area (Å²) in [6.45, 7) is 0. The number of para-hydroxylation sites is 1. The summed E-state index contributed by atoms with van der Waals surface area (Å²) >= 11 is 3.31. The first-order valence-electron chi connectivity index (χ1n) is 9.85. The normalized spacial score (nSPS) is 11.9. The number of carbonyl (C=O) groups excluding carboxylic acids is 1. The van der Waals surface area contributed by atoms with Crippen molar-refractivity contribution in [2.75, 3.05) is 7.11 Å². The Hall–Kier alpha value is -3.38. The van der Waals surface area contributed by atoms with Crippen LogP contribution in [0, 0.1) is 0 Å². The van der Waals surface area contributed by atoms with E-state index >= 15 is 0 Å². The Balaban J connectivity index is 1.83. The molecule has 0 heterocycles. The number of hydrazone groups is 1. The fourth-order valence-corrected chi connectivity index (χ4v) is 4.60. The number of nitrogens with zero attached hydrogens (tertiary/aromatic N) is 1. The molecule has 3 aromatic rings. The molecule has 12 heteroatoms. The molecular formula is C23H18BrF3N2O5S. The molecule has 184 valence electrons. The molecule has 0 aromatic heterocycles. The van der Waals surface area contributed by atoms with Gasteiger partial charge in [0.15, 0.2) is 0 Å². The second-order valence-electron chi connectivity index (χ2n) is 7.04. The SMILES string of the molecule is COc1ccc(CC(=O)NN=Cc2cc(C(F)(F)F)ccc2S(=O)(=O)Oc2ccccc2)cc1Br. The van der Waals surface area contributed by atoms with Crippen LogP contribution in [0.1, 0.15) is 16.7 Å². The van der Waals surface area contributed by atoms with Gasteiger partial charge >= 0.3 is 16.3 Å². The molecule has 0 aliphatic heterocycles. The standard InChI is InChI=1S/C23H18BrF3N2O5S/c1-33-20-9-7-15(11-19(20)24)12-22(30)29-28-14-16-13-17(23(25,26)27)8-10-21(16)35(31,32)34-18-5-3-2-4-6-18/h2-11,13-14H,12H2,1H3,(H,29,30). The van der Waals surface area contributed by atoms with E-state index in [4.69, 9.17) is 8.92 Å². The number of rotatable bonds is 8. The van der Waals surface area contributed by atoms with Crippen molar-refractivity contribution >= 4 is 38.2 Å². The minimum atomic E-state index is -4.73. The summed E-state index contributed by atoms with van der Waals surface area (Å²) in [7, 11) is -3.01. The molecule has 3 rings (SSSR count). The number of nitrogens with one attached hydrogen (secondary N) is 1. The van der Waals surface area contributed by atoms with E-state index in [1.807, 2.05) is 0 Å². The van der Waals surface area contributed by atoms with Crippen molar-refractivity contribution in [3.63, 3.8) is 0 Å². The van der Waals surface area contributed by atoms with Crippen LogP contribution < -0.4 is 14.3 Å². The van der Waals surface area contributed by atoms with Crippen LogP contribution >= 0.6 is 15.9 Å². The topological polar surface area (TPSA) is 94.1 Å². The predicted octanol–water partition coefficient (Wildman–Crippen LogP) is 4.94. The molecule has 7 nitrogen and oxygen atoms in total. The summed E-state index contributed by atoms with van der Waals surface area (Å²) in [6.07, 6.45) is -4.00. The van der Waals surface area contributed by atoms with Crippen LogP contribution in [0.4, 0.5) is 13.2 Å². The van der Waals surface area contributed by atoms with Crippen LogP contribution in [0.3, 0.4) is 0 Å². The average Bonchev–Trinajstić information content (AvgIpc) is 2.79. The van der Waals surface area contributed by atoms with Gasteiger partial charge in [-0.3, -0.25) is 4.79 Å². The summed E-state index contributed by atoms with van der Waals surface area (Å²) in [4.78, 5) is 11.7. The van der Waals surface area contributed by atoms with Gasteiger partial charge in [-0.25, -0.2) is 5.43 Å². The van der Waals surface area contributed by atoms with E-state index in [0.29, 0.717) is 27.9 Å². The lowest BCUT2D eigenvalue weighted by Gasteiger charge is -2.12. The fourth-order valence-electron chi connectivity index (χ4n) is 2.92. The number of benzene rings is 3. The van der Waals surface area contributed by atoms with Crippen molar-refractivity contribution in [3.05, 3.63) is 87.9 Å². The van der Waals surface area contributed by atoms with Crippen molar-refractivity contribution in [1.29, 1.82) is 0 Å². The molecule has 0 aliphatic carbocycles. The predicted molar refractivity (Wildman–Crippen MR) is 126 cm³/mol. The molecule has 0 fully saturated rings. The van der Waals surface area contributed by atoms with Crippen molar-refractivity contribution in [2.24, 2.45) is 5.10 Å². The van der Waals surface area contributed by atoms with Gasteiger partial charge in [0.25, 0.3) is 0 Å². The number of hydrogen-bond donors (Lipinski definition) is 1. The highest BCUT2D eigenvalue weighted by molar-refractivity contribution is 9.10. The molecule has 1 N–H and O–H groups in total. The third-order valence-electron chi connectivity index (χ3n) is 4.53. The van der Waals surface area contributed by atoms with E-state index in [-0.39, 0.29) is 12.2 Å². The van der Waals surface area contributed by atoms with E-state index in [1.54, 1.807) is 24.3 Å². The first-order chi connectivity index (χ1) is 16.5. The van der Waals surface area contributed by atoms with Crippen molar-refractivity contribution < 1.29 is 35.3 Å². The van der Waals surface area contributed by atoms with Crippen molar-refractivity contribution in [3.8, 4) is 11.5 Å². The number of halogens is 4. The Morgan fingerprint density at radius 1 is 1.09 bits per heavy atom. The van der Waals surface area contributed by atoms with Crippen LogP contribution in [0.25, 0.3) is 0 Å². The molecule has 0 aliphatic rings. The Kier molecular flexibility index (Phi) is 8.18. The van der Waals surface area contributed by atoms with Crippen LogP contribution in [-0.4, -0.2) is 27.6 Å². The minimum absolute atomic E-state index is 0.0192. The summed E-state index contributed by atoms with van der Waals surface area (Å²) in [5, 5.41) is 3.65. The largest absolute Gasteiger partial charge is 0.496 e. The molecule has 0 saturated carbocycles. The maximum Gasteiger partial charge on any atom is 0.416 e. The molecule has 0 radical (unpaired) electrons. The van der Waals surface area contributed by atoms with Gasteiger partial charge in [-0.05, 0) is 64.0 Å². The molecule has 35 heavy (non-hydrogen) atoms. The first-order valence-corrected chi connectivity index (χ1v) is 12.0. The number of hydrogen-bond acceptors (Lipinski definition) is 6. The molecule has 3 aromatic carbocycles. The number of ether oxygens (including phenoxy) is 1. The molecular weight excluding hydrogens is 553 g/mol. The second-order valence-corrected chi connectivity index (χ2v) is 9.41. The monoisotopic (exact) mass is 570 g/mol. The van der Waals surface area contributed by atoms with Gasteiger partial charge in [-0.1, -0.05) is 24.3 Å². The number of carbonyl (C=O) groups is 1. The van der Waals surface area contributed by atoms with Gasteiger partial charge < -0.3 is 8.92 Å². The number of methoxy groups -OCH3 is 1. The number of alkyl halides is 3. The highest BCUT2D eigenvalue weighted by atomic mass is 79.9. The van der Waals surface area contributed by atoms with Gasteiger partial charge in [0, 0.05) is 5.56 Å². The molecule has 0 bridgehead atoms. The summed E-state index contributed by atoms with van der Waals surface area (Å²) in [5.74, 6) is -0.0207. The Morgan fingerprint density at radius 2 is 1.80 bits per heavy atom. The smallest absolute Gasteiger partial charge is 0.416 e.